The smallest absolute Gasteiger partial charge is 0.0235 e. The summed E-state index contributed by atoms with van der Waals surface area (Å²) in [5.74, 6) is 0. The molecule has 0 radical (unpaired) electrons. The molecule has 2 rings (SSSR count). The average Bonchev–Trinajstić information content (AvgIpc) is 2.44. The normalized spacial score (nSPS) is 23.7. The maximum atomic E-state index is 3.62. The Balaban J connectivity index is 1.93. The van der Waals surface area contributed by atoms with Crippen LogP contribution in [-0.4, -0.2) is 37.6 Å². The second kappa shape index (κ2) is 5.29. The number of benzene rings is 1. The van der Waals surface area contributed by atoms with E-state index in [0.29, 0.717) is 6.04 Å². The van der Waals surface area contributed by atoms with Gasteiger partial charge in [0.05, 0.1) is 0 Å². The summed E-state index contributed by atoms with van der Waals surface area (Å²) in [5.41, 5.74) is 1.44. The van der Waals surface area contributed by atoms with Crippen LogP contribution in [0.5, 0.6) is 0 Å². The van der Waals surface area contributed by atoms with Gasteiger partial charge in [0.15, 0.2) is 0 Å². The van der Waals surface area contributed by atoms with Gasteiger partial charge in [-0.05, 0) is 38.5 Å². The van der Waals surface area contributed by atoms with Crippen molar-refractivity contribution < 1.29 is 0 Å². The fraction of sp³-hybridized carbons (Fsp3) is 0.538. The molecule has 0 saturated carbocycles. The zero-order valence-electron chi connectivity index (χ0n) is 9.45. The lowest BCUT2D eigenvalue weighted by molar-refractivity contribution is 0.323. The molecule has 1 aliphatic rings. The second-order valence-electron chi connectivity index (χ2n) is 4.46. The molecule has 1 heterocycles. The number of likely N-dealkylation sites (N-methyl/N-ethyl adjacent to an activating group) is 1. The Morgan fingerprint density at radius 3 is 2.93 bits per heavy atom. The molecule has 15 heavy (non-hydrogen) atoms. The van der Waals surface area contributed by atoms with Crippen LogP contribution in [-0.2, 0) is 6.42 Å². The zero-order valence-corrected chi connectivity index (χ0v) is 9.45. The number of hydrogen-bond acceptors (Lipinski definition) is 2. The quantitative estimate of drug-likeness (QED) is 0.786. The predicted molar refractivity (Wildman–Crippen MR) is 64.1 cm³/mol. The monoisotopic (exact) mass is 204 g/mol. The third-order valence-corrected chi connectivity index (χ3v) is 3.01. The molecule has 1 aliphatic heterocycles. The Kier molecular flexibility index (Phi) is 3.75. The molecule has 2 nitrogen and oxygen atoms in total. The lowest BCUT2D eigenvalue weighted by Crippen LogP contribution is -2.37. The summed E-state index contributed by atoms with van der Waals surface area (Å²) in [6, 6.07) is 11.4. The molecular formula is C13H20N2. The maximum Gasteiger partial charge on any atom is 0.0235 e. The van der Waals surface area contributed by atoms with E-state index in [1.165, 1.54) is 18.5 Å². The lowest BCUT2D eigenvalue weighted by atomic mass is 10.1. The number of nitrogens with one attached hydrogen (secondary N) is 1. The summed E-state index contributed by atoms with van der Waals surface area (Å²) in [6.07, 6.45) is 2.41. The second-order valence-corrected chi connectivity index (χ2v) is 4.46. The standard InChI is InChI=1S/C13H20N2/c1-15-9-5-8-14-13(11-15)10-12-6-3-2-4-7-12/h2-4,6-7,13-14H,5,8-11H2,1H3. The van der Waals surface area contributed by atoms with Gasteiger partial charge in [-0.3, -0.25) is 0 Å². The van der Waals surface area contributed by atoms with Crippen molar-refractivity contribution in [2.24, 2.45) is 0 Å². The van der Waals surface area contributed by atoms with Crippen molar-refractivity contribution in [1.82, 2.24) is 10.2 Å². The maximum absolute atomic E-state index is 3.62. The molecule has 82 valence electrons. The summed E-state index contributed by atoms with van der Waals surface area (Å²) in [4.78, 5) is 2.42. The molecule has 1 N–H and O–H groups in total. The fourth-order valence-corrected chi connectivity index (χ4v) is 2.22. The van der Waals surface area contributed by atoms with Crippen LogP contribution in [0.25, 0.3) is 0 Å². The van der Waals surface area contributed by atoms with Crippen LogP contribution in [0.2, 0.25) is 0 Å². The van der Waals surface area contributed by atoms with Crippen molar-refractivity contribution in [3.63, 3.8) is 0 Å². The van der Waals surface area contributed by atoms with Gasteiger partial charge >= 0.3 is 0 Å². The zero-order chi connectivity index (χ0) is 10.5. The van der Waals surface area contributed by atoms with Gasteiger partial charge in [0, 0.05) is 12.6 Å². The highest BCUT2D eigenvalue weighted by molar-refractivity contribution is 5.16. The van der Waals surface area contributed by atoms with Gasteiger partial charge in [-0.2, -0.15) is 0 Å². The van der Waals surface area contributed by atoms with E-state index in [1.54, 1.807) is 0 Å². The van der Waals surface area contributed by atoms with Crippen molar-refractivity contribution in [2.75, 3.05) is 26.7 Å². The average molecular weight is 204 g/mol. The van der Waals surface area contributed by atoms with E-state index in [1.807, 2.05) is 0 Å². The van der Waals surface area contributed by atoms with Crippen LogP contribution in [0.15, 0.2) is 30.3 Å². The highest BCUT2D eigenvalue weighted by Crippen LogP contribution is 2.06. The summed E-state index contributed by atoms with van der Waals surface area (Å²) in [5, 5.41) is 3.62. The molecule has 0 aromatic heterocycles. The molecule has 0 bridgehead atoms. The van der Waals surface area contributed by atoms with Gasteiger partial charge in [0.2, 0.25) is 0 Å². The lowest BCUT2D eigenvalue weighted by Gasteiger charge is -2.20. The first-order valence-corrected chi connectivity index (χ1v) is 5.80. The molecule has 0 aliphatic carbocycles. The molecule has 1 aromatic carbocycles. The van der Waals surface area contributed by atoms with Gasteiger partial charge in [0.25, 0.3) is 0 Å². The van der Waals surface area contributed by atoms with E-state index in [-0.39, 0.29) is 0 Å². The topological polar surface area (TPSA) is 15.3 Å². The highest BCUT2D eigenvalue weighted by atomic mass is 15.1. The van der Waals surface area contributed by atoms with E-state index in [4.69, 9.17) is 0 Å². The molecule has 0 amide bonds. The van der Waals surface area contributed by atoms with Gasteiger partial charge in [-0.15, -0.1) is 0 Å². The van der Waals surface area contributed by atoms with Crippen molar-refractivity contribution >= 4 is 0 Å². The van der Waals surface area contributed by atoms with Crippen LogP contribution < -0.4 is 5.32 Å². The molecule has 0 spiro atoms. The van der Waals surface area contributed by atoms with E-state index in [2.05, 4.69) is 47.6 Å². The minimum atomic E-state index is 0.611. The third kappa shape index (κ3) is 3.33. The van der Waals surface area contributed by atoms with Gasteiger partial charge < -0.3 is 10.2 Å². The Labute approximate surface area is 92.3 Å². The van der Waals surface area contributed by atoms with E-state index in [9.17, 15) is 0 Å². The third-order valence-electron chi connectivity index (χ3n) is 3.01. The summed E-state index contributed by atoms with van der Waals surface area (Å²) < 4.78 is 0. The van der Waals surface area contributed by atoms with Crippen LogP contribution in [0.4, 0.5) is 0 Å². The number of nitrogens with zero attached hydrogens (tertiary/aromatic N) is 1. The summed E-state index contributed by atoms with van der Waals surface area (Å²) in [6.45, 7) is 3.54. The first-order chi connectivity index (χ1) is 7.34. The van der Waals surface area contributed by atoms with E-state index in [0.717, 1.165) is 19.5 Å². The van der Waals surface area contributed by atoms with Crippen molar-refractivity contribution in [3.05, 3.63) is 35.9 Å². The minimum absolute atomic E-state index is 0.611. The summed E-state index contributed by atoms with van der Waals surface area (Å²) in [7, 11) is 2.21. The van der Waals surface area contributed by atoms with Crippen molar-refractivity contribution in [3.8, 4) is 0 Å². The first-order valence-electron chi connectivity index (χ1n) is 5.80. The molecule has 1 saturated heterocycles. The Hall–Kier alpha value is -0.860. The van der Waals surface area contributed by atoms with E-state index >= 15 is 0 Å². The Morgan fingerprint density at radius 2 is 2.13 bits per heavy atom. The molecule has 1 aromatic rings. The molecule has 1 fully saturated rings. The SMILES string of the molecule is CN1CCCNC(Cc2ccccc2)C1. The minimum Gasteiger partial charge on any atom is -0.312 e. The van der Waals surface area contributed by atoms with Crippen molar-refractivity contribution in [1.29, 1.82) is 0 Å². The predicted octanol–water partition coefficient (Wildman–Crippen LogP) is 1.52. The fourth-order valence-electron chi connectivity index (χ4n) is 2.22. The Morgan fingerprint density at radius 1 is 1.33 bits per heavy atom. The van der Waals surface area contributed by atoms with Crippen LogP contribution >= 0.6 is 0 Å². The molecule has 1 unspecified atom stereocenters. The van der Waals surface area contributed by atoms with Gasteiger partial charge in [-0.25, -0.2) is 0 Å². The highest BCUT2D eigenvalue weighted by Gasteiger charge is 2.14. The van der Waals surface area contributed by atoms with Crippen molar-refractivity contribution in [2.45, 2.75) is 18.9 Å². The van der Waals surface area contributed by atoms with Gasteiger partial charge in [-0.1, -0.05) is 30.3 Å². The van der Waals surface area contributed by atoms with Crippen LogP contribution in [0.3, 0.4) is 0 Å². The molecule has 1 atom stereocenters. The van der Waals surface area contributed by atoms with Gasteiger partial charge in [0.1, 0.15) is 0 Å². The number of hydrogen-bond donors (Lipinski definition) is 1. The van der Waals surface area contributed by atoms with Crippen LogP contribution in [0.1, 0.15) is 12.0 Å². The van der Waals surface area contributed by atoms with Crippen LogP contribution in [0, 0.1) is 0 Å². The summed E-state index contributed by atoms with van der Waals surface area (Å²) >= 11 is 0. The van der Waals surface area contributed by atoms with E-state index < -0.39 is 0 Å². The Bertz CT molecular complexity index is 284. The largest absolute Gasteiger partial charge is 0.312 e. The molecular weight excluding hydrogens is 184 g/mol. The number of rotatable bonds is 2. The first kappa shape index (κ1) is 10.7. The molecule has 2 heteroatoms.